The van der Waals surface area contributed by atoms with Crippen molar-refractivity contribution >= 4 is 40.7 Å². The normalized spacial score (nSPS) is 13.6. The lowest BCUT2D eigenvalue weighted by Crippen LogP contribution is -2.33. The van der Waals surface area contributed by atoms with Crippen LogP contribution in [-0.4, -0.2) is 47.9 Å². The highest BCUT2D eigenvalue weighted by molar-refractivity contribution is 6.35. The van der Waals surface area contributed by atoms with E-state index in [0.29, 0.717) is 34.1 Å². The minimum Gasteiger partial charge on any atom is -0.351 e. The Morgan fingerprint density at radius 1 is 0.939 bits per heavy atom. The molecule has 0 radical (unpaired) electrons. The predicted molar refractivity (Wildman–Crippen MR) is 132 cm³/mol. The summed E-state index contributed by atoms with van der Waals surface area (Å²) in [5.41, 5.74) is 2.67. The molecule has 2 amide bonds. The van der Waals surface area contributed by atoms with Gasteiger partial charge in [-0.1, -0.05) is 29.3 Å². The summed E-state index contributed by atoms with van der Waals surface area (Å²) < 4.78 is 0. The van der Waals surface area contributed by atoms with Gasteiger partial charge >= 0.3 is 0 Å². The van der Waals surface area contributed by atoms with E-state index in [1.165, 1.54) is 18.9 Å². The third-order valence-electron chi connectivity index (χ3n) is 5.55. The second kappa shape index (κ2) is 10.8. The van der Waals surface area contributed by atoms with Gasteiger partial charge in [0.05, 0.1) is 21.3 Å². The largest absolute Gasteiger partial charge is 0.351 e. The van der Waals surface area contributed by atoms with E-state index in [2.05, 4.69) is 20.5 Å². The van der Waals surface area contributed by atoms with Crippen LogP contribution in [0.1, 0.15) is 33.6 Å². The fourth-order valence-electron chi connectivity index (χ4n) is 3.80. The van der Waals surface area contributed by atoms with Crippen molar-refractivity contribution in [2.24, 2.45) is 0 Å². The summed E-state index contributed by atoms with van der Waals surface area (Å²) in [5, 5.41) is 6.48. The number of pyridine rings is 1. The van der Waals surface area contributed by atoms with Gasteiger partial charge in [0.2, 0.25) is 0 Å². The SMILES string of the molecule is O=C(NCCN1CCCC1)c1ccc(C(=O)Nc2ccc(Cl)c(-c3ccccn3)c2)c(Cl)c1. The first-order valence-electron chi connectivity index (χ1n) is 10.8. The zero-order valence-electron chi connectivity index (χ0n) is 18.0. The van der Waals surface area contributed by atoms with Crippen molar-refractivity contribution in [2.75, 3.05) is 31.5 Å². The van der Waals surface area contributed by atoms with Crippen molar-refractivity contribution in [3.8, 4) is 11.3 Å². The van der Waals surface area contributed by atoms with Gasteiger partial charge in [-0.15, -0.1) is 0 Å². The molecule has 2 aromatic carbocycles. The van der Waals surface area contributed by atoms with Gasteiger partial charge in [-0.3, -0.25) is 14.6 Å². The summed E-state index contributed by atoms with van der Waals surface area (Å²) in [6.45, 7) is 3.58. The maximum atomic E-state index is 12.8. The van der Waals surface area contributed by atoms with E-state index in [1.807, 2.05) is 18.2 Å². The lowest BCUT2D eigenvalue weighted by atomic mass is 10.1. The summed E-state index contributed by atoms with van der Waals surface area (Å²) in [6, 6.07) is 15.4. The van der Waals surface area contributed by atoms with Crippen LogP contribution in [0, 0.1) is 0 Å². The number of rotatable bonds is 7. The number of nitrogens with one attached hydrogen (secondary N) is 2. The average molecular weight is 483 g/mol. The monoisotopic (exact) mass is 482 g/mol. The molecule has 4 rings (SSSR count). The maximum absolute atomic E-state index is 12.8. The molecule has 0 spiro atoms. The van der Waals surface area contributed by atoms with Crippen molar-refractivity contribution in [1.29, 1.82) is 0 Å². The number of nitrogens with zero attached hydrogens (tertiary/aromatic N) is 2. The van der Waals surface area contributed by atoms with Gasteiger partial charge in [0.15, 0.2) is 0 Å². The van der Waals surface area contributed by atoms with Gasteiger partial charge in [-0.2, -0.15) is 0 Å². The topological polar surface area (TPSA) is 74.3 Å². The second-order valence-corrected chi connectivity index (χ2v) is 8.68. The zero-order chi connectivity index (χ0) is 23.2. The van der Waals surface area contributed by atoms with Crippen molar-refractivity contribution < 1.29 is 9.59 Å². The second-order valence-electron chi connectivity index (χ2n) is 7.86. The number of likely N-dealkylation sites (tertiary alicyclic amines) is 1. The summed E-state index contributed by atoms with van der Waals surface area (Å²) in [5.74, 6) is -0.587. The van der Waals surface area contributed by atoms with Crippen molar-refractivity contribution in [3.05, 3.63) is 82.0 Å². The predicted octanol–water partition coefficient (Wildman–Crippen LogP) is 5.13. The molecule has 0 atom stereocenters. The number of hydrogen-bond donors (Lipinski definition) is 2. The van der Waals surface area contributed by atoms with E-state index in [0.717, 1.165) is 19.6 Å². The first kappa shape index (κ1) is 23.2. The number of carbonyl (C=O) groups is 2. The van der Waals surface area contributed by atoms with Crippen LogP contribution in [0.4, 0.5) is 5.69 Å². The molecule has 0 bridgehead atoms. The fraction of sp³-hybridized carbons (Fsp3) is 0.240. The third kappa shape index (κ3) is 5.90. The van der Waals surface area contributed by atoms with Gasteiger partial charge in [-0.25, -0.2) is 0 Å². The Labute approximate surface area is 202 Å². The summed E-state index contributed by atoms with van der Waals surface area (Å²) >= 11 is 12.7. The Kier molecular flexibility index (Phi) is 7.60. The van der Waals surface area contributed by atoms with E-state index >= 15 is 0 Å². The molecule has 2 N–H and O–H groups in total. The Hall–Kier alpha value is -2.93. The Balaban J connectivity index is 1.41. The molecule has 170 valence electrons. The first-order chi connectivity index (χ1) is 16.0. The number of carbonyl (C=O) groups excluding carboxylic acids is 2. The maximum Gasteiger partial charge on any atom is 0.257 e. The van der Waals surface area contributed by atoms with Crippen LogP contribution in [0.25, 0.3) is 11.3 Å². The highest BCUT2D eigenvalue weighted by Crippen LogP contribution is 2.29. The molecule has 8 heteroatoms. The van der Waals surface area contributed by atoms with Crippen LogP contribution in [0.3, 0.4) is 0 Å². The van der Waals surface area contributed by atoms with Crippen LogP contribution in [0.2, 0.25) is 10.0 Å². The standard InChI is InChI=1S/C25H24Cl2N4O2/c26-21-9-7-18(16-20(21)23-5-1-2-10-28-23)30-25(33)19-8-6-17(15-22(19)27)24(32)29-11-14-31-12-3-4-13-31/h1-2,5-10,15-16H,3-4,11-14H2,(H,29,32)(H,30,33). The molecule has 6 nitrogen and oxygen atoms in total. The summed E-state index contributed by atoms with van der Waals surface area (Å²) in [7, 11) is 0. The zero-order valence-corrected chi connectivity index (χ0v) is 19.5. The molecule has 0 aliphatic carbocycles. The smallest absolute Gasteiger partial charge is 0.257 e. The molecule has 1 aliphatic rings. The number of hydrogen-bond acceptors (Lipinski definition) is 4. The van der Waals surface area contributed by atoms with E-state index in [9.17, 15) is 9.59 Å². The molecular weight excluding hydrogens is 459 g/mol. The minimum absolute atomic E-state index is 0.207. The van der Waals surface area contributed by atoms with Gasteiger partial charge < -0.3 is 15.5 Å². The van der Waals surface area contributed by atoms with Crippen LogP contribution < -0.4 is 10.6 Å². The Morgan fingerprint density at radius 2 is 1.76 bits per heavy atom. The van der Waals surface area contributed by atoms with Crippen molar-refractivity contribution in [1.82, 2.24) is 15.2 Å². The van der Waals surface area contributed by atoms with E-state index in [-0.39, 0.29) is 22.4 Å². The van der Waals surface area contributed by atoms with Crippen LogP contribution in [0.5, 0.6) is 0 Å². The van der Waals surface area contributed by atoms with Crippen LogP contribution in [-0.2, 0) is 0 Å². The molecule has 0 unspecified atom stereocenters. The fourth-order valence-corrected chi connectivity index (χ4v) is 4.28. The molecule has 1 saturated heterocycles. The molecule has 0 saturated carbocycles. The molecule has 2 heterocycles. The minimum atomic E-state index is -0.379. The van der Waals surface area contributed by atoms with Crippen LogP contribution in [0.15, 0.2) is 60.8 Å². The average Bonchev–Trinajstić information content (AvgIpc) is 3.34. The number of anilines is 1. The van der Waals surface area contributed by atoms with Gasteiger partial charge in [0.1, 0.15) is 0 Å². The van der Waals surface area contributed by atoms with E-state index < -0.39 is 0 Å². The quantitative estimate of drug-likeness (QED) is 0.489. The number of aromatic nitrogens is 1. The van der Waals surface area contributed by atoms with Crippen molar-refractivity contribution in [3.63, 3.8) is 0 Å². The lowest BCUT2D eigenvalue weighted by molar-refractivity contribution is 0.0948. The summed E-state index contributed by atoms with van der Waals surface area (Å²) in [6.07, 6.45) is 4.11. The number of amides is 2. The lowest BCUT2D eigenvalue weighted by Gasteiger charge is -2.15. The molecule has 33 heavy (non-hydrogen) atoms. The Bertz CT molecular complexity index is 1150. The number of halogens is 2. The highest BCUT2D eigenvalue weighted by Gasteiger charge is 2.16. The van der Waals surface area contributed by atoms with Gasteiger partial charge in [-0.05, 0) is 74.5 Å². The van der Waals surface area contributed by atoms with E-state index in [4.69, 9.17) is 23.2 Å². The first-order valence-corrected chi connectivity index (χ1v) is 11.6. The van der Waals surface area contributed by atoms with Crippen molar-refractivity contribution in [2.45, 2.75) is 12.8 Å². The van der Waals surface area contributed by atoms with Crippen LogP contribution >= 0.6 is 23.2 Å². The molecule has 3 aromatic rings. The van der Waals surface area contributed by atoms with Gasteiger partial charge in [0.25, 0.3) is 11.8 Å². The Morgan fingerprint density at radius 3 is 2.48 bits per heavy atom. The molecule has 1 aliphatic heterocycles. The molecule has 1 aromatic heterocycles. The summed E-state index contributed by atoms with van der Waals surface area (Å²) in [4.78, 5) is 31.9. The van der Waals surface area contributed by atoms with Gasteiger partial charge in [0, 0.05) is 36.1 Å². The number of benzene rings is 2. The molecule has 1 fully saturated rings. The molecular formula is C25H24Cl2N4O2. The highest BCUT2D eigenvalue weighted by atomic mass is 35.5. The third-order valence-corrected chi connectivity index (χ3v) is 6.20. The van der Waals surface area contributed by atoms with E-state index in [1.54, 1.807) is 36.5 Å².